The molecule has 31 heavy (non-hydrogen) atoms. The second-order valence-corrected chi connectivity index (χ2v) is 9.75. The van der Waals surface area contributed by atoms with E-state index in [1.54, 1.807) is 23.2 Å². The lowest BCUT2D eigenvalue weighted by atomic mass is 9.89. The van der Waals surface area contributed by atoms with Crippen molar-refractivity contribution in [2.24, 2.45) is 22.9 Å². The molecule has 4 atom stereocenters. The van der Waals surface area contributed by atoms with Crippen LogP contribution in [0.4, 0.5) is 10.1 Å². The van der Waals surface area contributed by atoms with Crippen molar-refractivity contribution in [3.05, 3.63) is 52.3 Å². The highest BCUT2D eigenvalue weighted by molar-refractivity contribution is 6.40. The third-order valence-corrected chi connectivity index (χ3v) is 7.47. The van der Waals surface area contributed by atoms with Gasteiger partial charge in [-0.1, -0.05) is 35.7 Å². The van der Waals surface area contributed by atoms with E-state index in [4.69, 9.17) is 23.2 Å². The standard InChI is InChI=1S/C23H25Cl2FN4O/c24-17-6-9-21(19(25)10-17)30-22(14-4-7-18(26)8-5-14)11-20(27-30)23(31)28-29-12-15-2-1-3-16(15)13-29/h4,6-10,14-16,22H,1-3,5,11-13H2,(H,28,31). The Bertz CT molecular complexity index is 966. The highest BCUT2D eigenvalue weighted by Gasteiger charge is 2.40. The predicted molar refractivity (Wildman–Crippen MR) is 122 cm³/mol. The van der Waals surface area contributed by atoms with E-state index >= 15 is 0 Å². The molecule has 164 valence electrons. The van der Waals surface area contributed by atoms with E-state index in [0.29, 0.717) is 46.1 Å². The minimum absolute atomic E-state index is 0.0199. The minimum Gasteiger partial charge on any atom is -0.284 e. The number of hydrogen-bond donors (Lipinski definition) is 1. The molecule has 0 aromatic heterocycles. The zero-order valence-corrected chi connectivity index (χ0v) is 18.6. The number of allylic oxidation sites excluding steroid dienone is 3. The second kappa shape index (κ2) is 8.57. The maximum Gasteiger partial charge on any atom is 0.281 e. The van der Waals surface area contributed by atoms with Crippen LogP contribution in [0.1, 0.15) is 32.1 Å². The van der Waals surface area contributed by atoms with Gasteiger partial charge >= 0.3 is 0 Å². The molecule has 5 nitrogen and oxygen atoms in total. The Morgan fingerprint density at radius 2 is 1.97 bits per heavy atom. The maximum atomic E-state index is 13.5. The van der Waals surface area contributed by atoms with Crippen LogP contribution >= 0.6 is 23.2 Å². The van der Waals surface area contributed by atoms with Gasteiger partial charge in [0, 0.05) is 30.5 Å². The number of amides is 1. The van der Waals surface area contributed by atoms with Crippen molar-refractivity contribution in [2.45, 2.75) is 38.1 Å². The molecule has 1 aromatic carbocycles. The fourth-order valence-corrected chi connectivity index (χ4v) is 5.83. The molecule has 2 heterocycles. The van der Waals surface area contributed by atoms with Crippen LogP contribution in [0.3, 0.4) is 0 Å². The van der Waals surface area contributed by atoms with E-state index < -0.39 is 0 Å². The van der Waals surface area contributed by atoms with Gasteiger partial charge in [-0.05, 0) is 61.4 Å². The molecule has 4 aliphatic rings. The van der Waals surface area contributed by atoms with Crippen molar-refractivity contribution < 1.29 is 9.18 Å². The van der Waals surface area contributed by atoms with Gasteiger partial charge in [-0.2, -0.15) is 5.10 Å². The van der Waals surface area contributed by atoms with Gasteiger partial charge in [-0.25, -0.2) is 9.40 Å². The summed E-state index contributed by atoms with van der Waals surface area (Å²) in [5, 5.41) is 9.53. The number of anilines is 1. The van der Waals surface area contributed by atoms with Crippen LogP contribution in [0.25, 0.3) is 0 Å². The van der Waals surface area contributed by atoms with Gasteiger partial charge in [-0.3, -0.25) is 15.2 Å². The topological polar surface area (TPSA) is 47.9 Å². The first-order valence-corrected chi connectivity index (χ1v) is 11.6. The quantitative estimate of drug-likeness (QED) is 0.675. The number of nitrogens with zero attached hydrogens (tertiary/aromatic N) is 3. The average molecular weight is 463 g/mol. The third-order valence-electron chi connectivity index (χ3n) is 6.93. The van der Waals surface area contributed by atoms with Crippen molar-refractivity contribution in [1.29, 1.82) is 0 Å². The summed E-state index contributed by atoms with van der Waals surface area (Å²) in [6.07, 6.45) is 9.73. The average Bonchev–Trinajstić information content (AvgIpc) is 3.43. The zero-order valence-electron chi connectivity index (χ0n) is 17.1. The molecular weight excluding hydrogens is 438 g/mol. The number of halogens is 3. The number of nitrogens with one attached hydrogen (secondary N) is 1. The minimum atomic E-state index is -0.233. The monoisotopic (exact) mass is 462 g/mol. The third kappa shape index (κ3) is 4.26. The Morgan fingerprint density at radius 1 is 1.19 bits per heavy atom. The summed E-state index contributed by atoms with van der Waals surface area (Å²) in [6, 6.07) is 5.11. The van der Waals surface area contributed by atoms with Crippen LogP contribution in [0, 0.1) is 17.8 Å². The lowest BCUT2D eigenvalue weighted by Crippen LogP contribution is -2.44. The molecule has 2 fully saturated rings. The molecule has 0 spiro atoms. The first kappa shape index (κ1) is 21.0. The SMILES string of the molecule is O=C(NN1CC2CCCC2C1)C1=NN(c2ccc(Cl)cc2Cl)C(C2C=CC(F)=CC2)C1. The Balaban J connectivity index is 1.36. The molecule has 5 rings (SSSR count). The summed E-state index contributed by atoms with van der Waals surface area (Å²) in [6.45, 7) is 1.82. The van der Waals surface area contributed by atoms with Gasteiger partial charge in [-0.15, -0.1) is 0 Å². The lowest BCUT2D eigenvalue weighted by molar-refractivity contribution is -0.119. The first-order valence-electron chi connectivity index (χ1n) is 10.9. The Labute approximate surface area is 191 Å². The fourth-order valence-electron chi connectivity index (χ4n) is 5.33. The molecule has 2 aliphatic carbocycles. The molecule has 1 saturated carbocycles. The van der Waals surface area contributed by atoms with Crippen molar-refractivity contribution in [2.75, 3.05) is 18.1 Å². The second-order valence-electron chi connectivity index (χ2n) is 8.90. The largest absolute Gasteiger partial charge is 0.284 e. The number of fused-ring (bicyclic) bond motifs is 1. The fraction of sp³-hybridized carbons (Fsp3) is 0.478. The number of hydrazine groups is 1. The van der Waals surface area contributed by atoms with E-state index in [1.807, 2.05) is 17.2 Å². The van der Waals surface area contributed by atoms with Gasteiger partial charge < -0.3 is 0 Å². The number of benzene rings is 1. The molecule has 1 aromatic rings. The molecule has 0 radical (unpaired) electrons. The van der Waals surface area contributed by atoms with Crippen molar-refractivity contribution in [3.8, 4) is 0 Å². The highest BCUT2D eigenvalue weighted by atomic mass is 35.5. The number of carbonyl (C=O) groups is 1. The molecule has 2 aliphatic heterocycles. The summed E-state index contributed by atoms with van der Waals surface area (Å²) < 4.78 is 13.5. The van der Waals surface area contributed by atoms with Crippen molar-refractivity contribution >= 4 is 40.5 Å². The van der Waals surface area contributed by atoms with Gasteiger partial charge in [0.1, 0.15) is 11.5 Å². The van der Waals surface area contributed by atoms with Gasteiger partial charge in [0.2, 0.25) is 0 Å². The summed E-state index contributed by atoms with van der Waals surface area (Å²) in [7, 11) is 0. The molecule has 8 heteroatoms. The Hall–Kier alpha value is -1.89. The lowest BCUT2D eigenvalue weighted by Gasteiger charge is -2.30. The van der Waals surface area contributed by atoms with Crippen LogP contribution in [0.2, 0.25) is 10.0 Å². The molecule has 1 saturated heterocycles. The highest BCUT2D eigenvalue weighted by Crippen LogP contribution is 2.39. The molecule has 1 amide bonds. The van der Waals surface area contributed by atoms with E-state index in [9.17, 15) is 9.18 Å². The van der Waals surface area contributed by atoms with E-state index in [1.165, 1.54) is 25.3 Å². The normalized spacial score (nSPS) is 30.4. The van der Waals surface area contributed by atoms with Crippen LogP contribution in [0.5, 0.6) is 0 Å². The smallest absolute Gasteiger partial charge is 0.281 e. The predicted octanol–water partition coefficient (Wildman–Crippen LogP) is 5.12. The Morgan fingerprint density at radius 3 is 2.65 bits per heavy atom. The van der Waals surface area contributed by atoms with Crippen LogP contribution in [-0.4, -0.2) is 35.8 Å². The van der Waals surface area contributed by atoms with Crippen LogP contribution < -0.4 is 10.4 Å². The number of carbonyl (C=O) groups excluding carboxylic acids is 1. The van der Waals surface area contributed by atoms with Crippen LogP contribution in [-0.2, 0) is 4.79 Å². The van der Waals surface area contributed by atoms with Crippen molar-refractivity contribution in [3.63, 3.8) is 0 Å². The summed E-state index contributed by atoms with van der Waals surface area (Å²) in [5.74, 6) is 1.00. The summed E-state index contributed by atoms with van der Waals surface area (Å²) in [5.41, 5.74) is 4.23. The number of rotatable bonds is 4. The van der Waals surface area contributed by atoms with E-state index in [-0.39, 0.29) is 23.7 Å². The van der Waals surface area contributed by atoms with Crippen molar-refractivity contribution in [1.82, 2.24) is 10.4 Å². The Kier molecular flexibility index (Phi) is 5.80. The molecule has 0 bridgehead atoms. The number of hydrogen-bond acceptors (Lipinski definition) is 4. The number of hydrazone groups is 1. The zero-order chi connectivity index (χ0) is 21.5. The maximum absolute atomic E-state index is 13.5. The van der Waals surface area contributed by atoms with Crippen LogP contribution in [0.15, 0.2) is 47.4 Å². The van der Waals surface area contributed by atoms with E-state index in [0.717, 1.165) is 13.1 Å². The van der Waals surface area contributed by atoms with E-state index in [2.05, 4.69) is 10.5 Å². The van der Waals surface area contributed by atoms with Gasteiger partial charge in [0.05, 0.1) is 16.8 Å². The molecule has 1 N–H and O–H groups in total. The molecular formula is C23H25Cl2FN4O. The van der Waals surface area contributed by atoms with Gasteiger partial charge in [0.15, 0.2) is 0 Å². The molecule has 4 unspecified atom stereocenters. The van der Waals surface area contributed by atoms with Gasteiger partial charge in [0.25, 0.3) is 5.91 Å². The summed E-state index contributed by atoms with van der Waals surface area (Å²) >= 11 is 12.5. The summed E-state index contributed by atoms with van der Waals surface area (Å²) in [4.78, 5) is 13.1. The first-order chi connectivity index (χ1) is 15.0.